The fourth-order valence-electron chi connectivity index (χ4n) is 4.02. The Kier molecular flexibility index (Phi) is 5.13. The molecule has 3 rings (SSSR count). The van der Waals surface area contributed by atoms with Gasteiger partial charge in [0.15, 0.2) is 0 Å². The van der Waals surface area contributed by atoms with Gasteiger partial charge >= 0.3 is 5.97 Å². The summed E-state index contributed by atoms with van der Waals surface area (Å²) in [7, 11) is 0. The van der Waals surface area contributed by atoms with Crippen molar-refractivity contribution in [2.24, 2.45) is 0 Å². The van der Waals surface area contributed by atoms with Crippen molar-refractivity contribution < 1.29 is 9.90 Å². The molecule has 2 fully saturated rings. The Morgan fingerprint density at radius 3 is 2.68 bits per heavy atom. The monoisotopic (exact) mass is 305 g/mol. The van der Waals surface area contributed by atoms with E-state index in [2.05, 4.69) is 10.00 Å². The van der Waals surface area contributed by atoms with E-state index in [1.807, 2.05) is 6.07 Å². The van der Waals surface area contributed by atoms with Gasteiger partial charge in [0.2, 0.25) is 0 Å². The topological polar surface area (TPSA) is 58.4 Å². The van der Waals surface area contributed by atoms with Crippen molar-refractivity contribution in [2.45, 2.75) is 69.9 Å². The molecule has 1 aromatic heterocycles. The molecule has 2 aliphatic rings. The van der Waals surface area contributed by atoms with Crippen LogP contribution in [-0.4, -0.2) is 44.9 Å². The van der Waals surface area contributed by atoms with Crippen molar-refractivity contribution >= 4 is 5.97 Å². The van der Waals surface area contributed by atoms with E-state index in [9.17, 15) is 4.79 Å². The lowest BCUT2D eigenvalue weighted by Crippen LogP contribution is -2.41. The third-order valence-corrected chi connectivity index (χ3v) is 5.17. The maximum Gasteiger partial charge on any atom is 0.325 e. The van der Waals surface area contributed by atoms with Crippen molar-refractivity contribution in [3.05, 3.63) is 18.0 Å². The molecule has 1 aliphatic heterocycles. The van der Waals surface area contributed by atoms with Crippen LogP contribution in [-0.2, 0) is 11.3 Å². The second-order valence-electron chi connectivity index (χ2n) is 6.81. The molecule has 1 aromatic rings. The van der Waals surface area contributed by atoms with Gasteiger partial charge in [-0.25, -0.2) is 0 Å². The fraction of sp³-hybridized carbons (Fsp3) is 0.765. The van der Waals surface area contributed by atoms with Crippen LogP contribution in [0, 0.1) is 0 Å². The van der Waals surface area contributed by atoms with Gasteiger partial charge in [0.1, 0.15) is 6.54 Å². The fourth-order valence-corrected chi connectivity index (χ4v) is 4.02. The van der Waals surface area contributed by atoms with Gasteiger partial charge in [0, 0.05) is 24.7 Å². The van der Waals surface area contributed by atoms with E-state index >= 15 is 0 Å². The molecule has 22 heavy (non-hydrogen) atoms. The van der Waals surface area contributed by atoms with Crippen molar-refractivity contribution in [3.8, 4) is 0 Å². The highest BCUT2D eigenvalue weighted by Gasteiger charge is 2.28. The number of carbonyl (C=O) groups is 1. The summed E-state index contributed by atoms with van der Waals surface area (Å²) in [6.07, 6.45) is 12.4. The van der Waals surface area contributed by atoms with Crippen LogP contribution >= 0.6 is 0 Å². The molecule has 5 nitrogen and oxygen atoms in total. The van der Waals surface area contributed by atoms with Gasteiger partial charge in [0.25, 0.3) is 0 Å². The summed E-state index contributed by atoms with van der Waals surface area (Å²) < 4.78 is 1.54. The van der Waals surface area contributed by atoms with E-state index in [1.165, 1.54) is 57.9 Å². The summed E-state index contributed by atoms with van der Waals surface area (Å²) in [5.41, 5.74) is 1.07. The van der Waals surface area contributed by atoms with Crippen LogP contribution in [0.25, 0.3) is 0 Å². The van der Waals surface area contributed by atoms with Crippen molar-refractivity contribution in [2.75, 3.05) is 13.1 Å². The third kappa shape index (κ3) is 3.88. The number of aliphatic carboxylic acids is 1. The number of rotatable bonds is 4. The Bertz CT molecular complexity index is 492. The maximum absolute atomic E-state index is 10.8. The predicted molar refractivity (Wildman–Crippen MR) is 84.9 cm³/mol. The Morgan fingerprint density at radius 1 is 1.18 bits per heavy atom. The minimum atomic E-state index is -0.835. The third-order valence-electron chi connectivity index (χ3n) is 5.17. The highest BCUT2D eigenvalue weighted by atomic mass is 16.4. The lowest BCUT2D eigenvalue weighted by atomic mass is 9.92. The molecule has 1 atom stereocenters. The molecule has 0 spiro atoms. The number of nitrogens with zero attached hydrogens (tertiary/aromatic N) is 3. The van der Waals surface area contributed by atoms with E-state index in [0.717, 1.165) is 18.3 Å². The van der Waals surface area contributed by atoms with Crippen molar-refractivity contribution in [3.63, 3.8) is 0 Å². The zero-order chi connectivity index (χ0) is 15.4. The highest BCUT2D eigenvalue weighted by molar-refractivity contribution is 5.66. The van der Waals surface area contributed by atoms with Crippen LogP contribution in [0.5, 0.6) is 0 Å². The first-order chi connectivity index (χ1) is 10.7. The molecule has 2 heterocycles. The summed E-state index contributed by atoms with van der Waals surface area (Å²) in [6.45, 7) is 2.27. The second-order valence-corrected chi connectivity index (χ2v) is 6.81. The Morgan fingerprint density at radius 2 is 1.95 bits per heavy atom. The largest absolute Gasteiger partial charge is 0.480 e. The maximum atomic E-state index is 10.8. The van der Waals surface area contributed by atoms with Gasteiger partial charge in [-0.05, 0) is 38.3 Å². The average molecular weight is 305 g/mol. The number of carboxylic acids is 1. The van der Waals surface area contributed by atoms with E-state index in [4.69, 9.17) is 5.11 Å². The van der Waals surface area contributed by atoms with Crippen molar-refractivity contribution in [1.82, 2.24) is 14.7 Å². The molecular formula is C17H27N3O2. The zero-order valence-electron chi connectivity index (χ0n) is 13.3. The molecule has 1 unspecified atom stereocenters. The summed E-state index contributed by atoms with van der Waals surface area (Å²) in [6, 6.07) is 2.76. The quantitative estimate of drug-likeness (QED) is 0.869. The molecule has 1 saturated heterocycles. The first kappa shape index (κ1) is 15.5. The van der Waals surface area contributed by atoms with E-state index in [-0.39, 0.29) is 6.54 Å². The summed E-state index contributed by atoms with van der Waals surface area (Å²) in [5, 5.41) is 13.3. The number of hydrogen-bond acceptors (Lipinski definition) is 3. The number of carboxylic acid groups (broad SMARTS) is 1. The predicted octanol–water partition coefficient (Wildman–Crippen LogP) is 2.87. The molecule has 5 heteroatoms. The van der Waals surface area contributed by atoms with Crippen molar-refractivity contribution in [1.29, 1.82) is 0 Å². The molecule has 1 saturated carbocycles. The Balaban J connectivity index is 1.62. The molecular weight excluding hydrogens is 278 g/mol. The smallest absolute Gasteiger partial charge is 0.325 e. The van der Waals surface area contributed by atoms with Gasteiger partial charge in [-0.2, -0.15) is 5.10 Å². The number of hydrogen-bond donors (Lipinski definition) is 1. The Labute approximate surface area is 132 Å². The standard InChI is InChI=1S/C17H27N3O2/c21-17(22)13-20-11-9-16(18-20)14-6-5-10-19(12-14)15-7-3-1-2-4-8-15/h9,11,14-15H,1-8,10,12-13H2,(H,21,22). The number of piperidine rings is 1. The first-order valence-corrected chi connectivity index (χ1v) is 8.71. The average Bonchev–Trinajstić information content (AvgIpc) is 2.80. The molecule has 1 N–H and O–H groups in total. The molecule has 0 amide bonds. The molecule has 1 aliphatic carbocycles. The highest BCUT2D eigenvalue weighted by Crippen LogP contribution is 2.30. The summed E-state index contributed by atoms with van der Waals surface area (Å²) in [5.74, 6) is -0.370. The van der Waals surface area contributed by atoms with Gasteiger partial charge < -0.3 is 5.11 Å². The van der Waals surface area contributed by atoms with Crippen LogP contribution in [0.3, 0.4) is 0 Å². The molecule has 0 bridgehead atoms. The first-order valence-electron chi connectivity index (χ1n) is 8.71. The lowest BCUT2D eigenvalue weighted by Gasteiger charge is -2.37. The molecule has 0 radical (unpaired) electrons. The summed E-state index contributed by atoms with van der Waals surface area (Å²) >= 11 is 0. The minimum absolute atomic E-state index is 0.0426. The van der Waals surface area contributed by atoms with Crippen LogP contribution in [0.1, 0.15) is 63.0 Å². The van der Waals surface area contributed by atoms with Crippen LogP contribution < -0.4 is 0 Å². The minimum Gasteiger partial charge on any atom is -0.480 e. The van der Waals surface area contributed by atoms with E-state index in [0.29, 0.717) is 5.92 Å². The SMILES string of the molecule is O=C(O)Cn1ccc(C2CCCN(C3CCCCCC3)C2)n1. The van der Waals surface area contributed by atoms with Gasteiger partial charge in [0.05, 0.1) is 5.69 Å². The van der Waals surface area contributed by atoms with Crippen LogP contribution in [0.2, 0.25) is 0 Å². The van der Waals surface area contributed by atoms with Gasteiger partial charge in [-0.3, -0.25) is 14.4 Å². The molecule has 0 aromatic carbocycles. The van der Waals surface area contributed by atoms with Crippen LogP contribution in [0.15, 0.2) is 12.3 Å². The number of aromatic nitrogens is 2. The lowest BCUT2D eigenvalue weighted by molar-refractivity contribution is -0.137. The van der Waals surface area contributed by atoms with Gasteiger partial charge in [-0.1, -0.05) is 25.7 Å². The van der Waals surface area contributed by atoms with Crippen LogP contribution in [0.4, 0.5) is 0 Å². The second kappa shape index (κ2) is 7.27. The zero-order valence-corrected chi connectivity index (χ0v) is 13.3. The molecule has 122 valence electrons. The summed E-state index contributed by atoms with van der Waals surface area (Å²) in [4.78, 5) is 13.5. The number of likely N-dealkylation sites (tertiary alicyclic amines) is 1. The normalized spacial score (nSPS) is 25.0. The van der Waals surface area contributed by atoms with E-state index in [1.54, 1.807) is 10.9 Å². The Hall–Kier alpha value is -1.36. The van der Waals surface area contributed by atoms with Gasteiger partial charge in [-0.15, -0.1) is 0 Å². The van der Waals surface area contributed by atoms with E-state index < -0.39 is 5.97 Å².